The molecule has 0 spiro atoms. The first-order valence-corrected chi connectivity index (χ1v) is 11.2. The first-order chi connectivity index (χ1) is 14.5. The molecule has 3 heterocycles. The number of halogens is 1. The summed E-state index contributed by atoms with van der Waals surface area (Å²) in [4.78, 5) is 32.5. The minimum Gasteiger partial charge on any atom is -0.343 e. The zero-order valence-electron chi connectivity index (χ0n) is 17.0. The maximum absolute atomic E-state index is 13.3. The number of hydrogen-bond acceptors (Lipinski definition) is 5. The first kappa shape index (κ1) is 20.6. The van der Waals surface area contributed by atoms with E-state index in [4.69, 9.17) is 0 Å². The third-order valence-corrected chi connectivity index (χ3v) is 6.47. The number of rotatable bonds is 7. The van der Waals surface area contributed by atoms with Crippen LogP contribution in [0.15, 0.2) is 40.4 Å². The lowest BCUT2D eigenvalue weighted by molar-refractivity contribution is -0.131. The van der Waals surface area contributed by atoms with Gasteiger partial charge in [-0.1, -0.05) is 25.1 Å². The van der Waals surface area contributed by atoms with E-state index in [0.717, 1.165) is 19.4 Å². The summed E-state index contributed by atoms with van der Waals surface area (Å²) in [5.74, 6) is 0.362. The van der Waals surface area contributed by atoms with E-state index in [1.54, 1.807) is 21.4 Å². The van der Waals surface area contributed by atoms with E-state index in [0.29, 0.717) is 34.2 Å². The highest BCUT2D eigenvalue weighted by Crippen LogP contribution is 2.33. The molecule has 0 bridgehead atoms. The minimum absolute atomic E-state index is 0.0680. The van der Waals surface area contributed by atoms with Gasteiger partial charge >= 0.3 is 0 Å². The van der Waals surface area contributed by atoms with Crippen LogP contribution in [0.4, 0.5) is 4.39 Å². The Balaban J connectivity index is 1.65. The van der Waals surface area contributed by atoms with Crippen LogP contribution >= 0.6 is 11.8 Å². The van der Waals surface area contributed by atoms with E-state index < -0.39 is 0 Å². The van der Waals surface area contributed by atoms with Gasteiger partial charge in [-0.05, 0) is 37.6 Å². The standard InChI is InChI=1S/C21H24FN5O2S/c1-3-5-10-25(4-2)18(28)11-16-13-30-21-24-19-17(20(29)26(16)21)12-23-27(19)15-8-6-14(22)7-9-15/h6-9,12,16H,3-5,10-11,13H2,1-2H3. The molecule has 1 amide bonds. The van der Waals surface area contributed by atoms with Crippen molar-refractivity contribution in [1.82, 2.24) is 24.2 Å². The van der Waals surface area contributed by atoms with E-state index in [1.807, 2.05) is 11.8 Å². The maximum Gasteiger partial charge on any atom is 0.265 e. The molecule has 3 aromatic rings. The monoisotopic (exact) mass is 429 g/mol. The summed E-state index contributed by atoms with van der Waals surface area (Å²) in [6.07, 6.45) is 3.78. The number of thioether (sulfide) groups is 1. The molecule has 1 aliphatic rings. The van der Waals surface area contributed by atoms with Gasteiger partial charge in [0.1, 0.15) is 11.2 Å². The molecule has 1 atom stereocenters. The van der Waals surface area contributed by atoms with Crippen LogP contribution in [0.5, 0.6) is 0 Å². The second-order valence-electron chi connectivity index (χ2n) is 7.34. The van der Waals surface area contributed by atoms with E-state index in [-0.39, 0.29) is 29.7 Å². The van der Waals surface area contributed by atoms with Gasteiger partial charge in [0.2, 0.25) is 5.91 Å². The van der Waals surface area contributed by atoms with Crippen molar-refractivity contribution in [2.75, 3.05) is 18.8 Å². The number of unbranched alkanes of at least 4 members (excludes halogenated alkanes) is 1. The SMILES string of the molecule is CCCCN(CC)C(=O)CC1CSc2nc3c(cnn3-c3ccc(F)cc3)c(=O)n21. The molecule has 0 radical (unpaired) electrons. The lowest BCUT2D eigenvalue weighted by Gasteiger charge is -2.23. The zero-order chi connectivity index (χ0) is 21.3. The fourth-order valence-corrected chi connectivity index (χ4v) is 4.82. The molecular formula is C21H24FN5O2S. The summed E-state index contributed by atoms with van der Waals surface area (Å²) in [6, 6.07) is 5.67. The fourth-order valence-electron chi connectivity index (χ4n) is 3.69. The average Bonchev–Trinajstić information content (AvgIpc) is 3.34. The smallest absolute Gasteiger partial charge is 0.265 e. The highest BCUT2D eigenvalue weighted by molar-refractivity contribution is 7.99. The van der Waals surface area contributed by atoms with Crippen LogP contribution in [0.25, 0.3) is 16.7 Å². The van der Waals surface area contributed by atoms with Gasteiger partial charge in [-0.2, -0.15) is 5.10 Å². The molecule has 2 aromatic heterocycles. The third kappa shape index (κ3) is 3.74. The summed E-state index contributed by atoms with van der Waals surface area (Å²) in [7, 11) is 0. The predicted octanol–water partition coefficient (Wildman–Crippen LogP) is 3.41. The Hall–Kier alpha value is -2.68. The molecule has 1 aliphatic heterocycles. The molecule has 1 unspecified atom stereocenters. The number of hydrogen-bond donors (Lipinski definition) is 0. The van der Waals surface area contributed by atoms with Gasteiger partial charge in [0, 0.05) is 25.3 Å². The molecule has 158 valence electrons. The number of carbonyl (C=O) groups is 1. The van der Waals surface area contributed by atoms with E-state index in [2.05, 4.69) is 17.0 Å². The molecule has 0 N–H and O–H groups in total. The molecule has 7 nitrogen and oxygen atoms in total. The number of nitrogens with zero attached hydrogens (tertiary/aromatic N) is 5. The Morgan fingerprint density at radius 1 is 1.30 bits per heavy atom. The Bertz CT molecular complexity index is 1120. The normalized spacial score (nSPS) is 15.5. The number of benzene rings is 1. The van der Waals surface area contributed by atoms with Gasteiger partial charge < -0.3 is 4.90 Å². The van der Waals surface area contributed by atoms with Crippen molar-refractivity contribution in [1.29, 1.82) is 0 Å². The van der Waals surface area contributed by atoms with Crippen LogP contribution < -0.4 is 5.56 Å². The Kier molecular flexibility index (Phi) is 5.90. The first-order valence-electron chi connectivity index (χ1n) is 10.2. The number of aromatic nitrogens is 4. The van der Waals surface area contributed by atoms with Crippen molar-refractivity contribution in [3.05, 3.63) is 46.6 Å². The maximum atomic E-state index is 13.3. The van der Waals surface area contributed by atoms with E-state index in [1.165, 1.54) is 30.1 Å². The molecule has 0 fully saturated rings. The summed E-state index contributed by atoms with van der Waals surface area (Å²) in [5, 5.41) is 5.27. The molecule has 1 aromatic carbocycles. The molecule has 4 rings (SSSR count). The van der Waals surface area contributed by atoms with Crippen molar-refractivity contribution < 1.29 is 9.18 Å². The van der Waals surface area contributed by atoms with Crippen LogP contribution in [0.1, 0.15) is 39.2 Å². The van der Waals surface area contributed by atoms with E-state index >= 15 is 0 Å². The lowest BCUT2D eigenvalue weighted by Crippen LogP contribution is -2.35. The number of carbonyl (C=O) groups excluding carboxylic acids is 1. The van der Waals surface area contributed by atoms with Gasteiger partial charge in [0.05, 0.1) is 17.9 Å². The number of fused-ring (bicyclic) bond motifs is 2. The Morgan fingerprint density at radius 2 is 2.07 bits per heavy atom. The van der Waals surface area contributed by atoms with Crippen LogP contribution in [-0.2, 0) is 4.79 Å². The quantitative estimate of drug-likeness (QED) is 0.538. The Morgan fingerprint density at radius 3 is 2.77 bits per heavy atom. The second kappa shape index (κ2) is 8.59. The van der Waals surface area contributed by atoms with Gasteiger partial charge in [-0.3, -0.25) is 14.2 Å². The largest absolute Gasteiger partial charge is 0.343 e. The van der Waals surface area contributed by atoms with Gasteiger partial charge in [-0.25, -0.2) is 14.1 Å². The molecule has 0 aliphatic carbocycles. The van der Waals surface area contributed by atoms with E-state index in [9.17, 15) is 14.0 Å². The highest BCUT2D eigenvalue weighted by atomic mass is 32.2. The topological polar surface area (TPSA) is 73.0 Å². The van der Waals surface area contributed by atoms with Crippen LogP contribution in [0.3, 0.4) is 0 Å². The Labute approximate surface area is 177 Å². The van der Waals surface area contributed by atoms with Crippen molar-refractivity contribution in [3.63, 3.8) is 0 Å². The zero-order valence-corrected chi connectivity index (χ0v) is 17.9. The second-order valence-corrected chi connectivity index (χ2v) is 8.32. The molecular weight excluding hydrogens is 405 g/mol. The van der Waals surface area contributed by atoms with Crippen molar-refractivity contribution >= 4 is 28.7 Å². The van der Waals surface area contributed by atoms with Crippen LogP contribution in [-0.4, -0.2) is 49.0 Å². The lowest BCUT2D eigenvalue weighted by atomic mass is 10.2. The van der Waals surface area contributed by atoms with Gasteiger partial charge in [0.25, 0.3) is 5.56 Å². The summed E-state index contributed by atoms with van der Waals surface area (Å²) < 4.78 is 16.4. The summed E-state index contributed by atoms with van der Waals surface area (Å²) in [5.41, 5.74) is 0.880. The summed E-state index contributed by atoms with van der Waals surface area (Å²) in [6.45, 7) is 5.49. The fraction of sp³-hybridized carbons (Fsp3) is 0.429. The predicted molar refractivity (Wildman–Crippen MR) is 115 cm³/mol. The van der Waals surface area contributed by atoms with Crippen molar-refractivity contribution in [3.8, 4) is 5.69 Å². The third-order valence-electron chi connectivity index (χ3n) is 5.37. The molecule has 0 saturated heterocycles. The summed E-state index contributed by atoms with van der Waals surface area (Å²) >= 11 is 1.47. The average molecular weight is 430 g/mol. The molecule has 0 saturated carbocycles. The highest BCUT2D eigenvalue weighted by Gasteiger charge is 2.30. The van der Waals surface area contributed by atoms with Gasteiger partial charge in [0.15, 0.2) is 10.8 Å². The molecule has 9 heteroatoms. The minimum atomic E-state index is -0.341. The van der Waals surface area contributed by atoms with Crippen molar-refractivity contribution in [2.45, 2.75) is 44.3 Å². The molecule has 30 heavy (non-hydrogen) atoms. The van der Waals surface area contributed by atoms with Crippen LogP contribution in [0.2, 0.25) is 0 Å². The van der Waals surface area contributed by atoms with Crippen molar-refractivity contribution in [2.24, 2.45) is 0 Å². The van der Waals surface area contributed by atoms with Gasteiger partial charge in [-0.15, -0.1) is 0 Å². The van der Waals surface area contributed by atoms with Crippen LogP contribution in [0, 0.1) is 5.82 Å². The number of amides is 1.